The van der Waals surface area contributed by atoms with Crippen molar-refractivity contribution in [3.8, 4) is 5.75 Å². The van der Waals surface area contributed by atoms with E-state index in [1.54, 1.807) is 6.92 Å². The van der Waals surface area contributed by atoms with Gasteiger partial charge in [0.2, 0.25) is 0 Å². The zero-order valence-corrected chi connectivity index (χ0v) is 10.9. The van der Waals surface area contributed by atoms with Gasteiger partial charge in [-0.1, -0.05) is 19.1 Å². The Labute approximate surface area is 103 Å². The van der Waals surface area contributed by atoms with E-state index < -0.39 is 9.84 Å². The molecule has 0 saturated heterocycles. The van der Waals surface area contributed by atoms with Gasteiger partial charge in [-0.25, -0.2) is 8.42 Å². The third kappa shape index (κ3) is 5.19. The minimum atomic E-state index is -2.88. The van der Waals surface area contributed by atoms with Crippen molar-refractivity contribution in [2.45, 2.75) is 19.9 Å². The molecule has 0 aliphatic carbocycles. The van der Waals surface area contributed by atoms with Crippen molar-refractivity contribution in [3.63, 3.8) is 0 Å². The van der Waals surface area contributed by atoms with E-state index in [-0.39, 0.29) is 11.5 Å². The van der Waals surface area contributed by atoms with Crippen molar-refractivity contribution >= 4 is 9.84 Å². The van der Waals surface area contributed by atoms with Gasteiger partial charge in [-0.3, -0.25) is 0 Å². The average molecular weight is 257 g/mol. The van der Waals surface area contributed by atoms with E-state index in [0.717, 1.165) is 11.3 Å². The van der Waals surface area contributed by atoms with Crippen LogP contribution in [0.15, 0.2) is 24.3 Å². The molecule has 0 amide bonds. The molecule has 0 unspecified atom stereocenters. The summed E-state index contributed by atoms with van der Waals surface area (Å²) in [4.78, 5) is 0. The molecule has 0 heterocycles. The van der Waals surface area contributed by atoms with Crippen LogP contribution in [0.2, 0.25) is 0 Å². The minimum Gasteiger partial charge on any atom is -0.494 e. The smallest absolute Gasteiger partial charge is 0.150 e. The zero-order chi connectivity index (χ0) is 12.7. The quantitative estimate of drug-likeness (QED) is 0.749. The largest absolute Gasteiger partial charge is 0.494 e. The van der Waals surface area contributed by atoms with E-state index in [1.165, 1.54) is 0 Å². The van der Waals surface area contributed by atoms with E-state index in [0.29, 0.717) is 19.6 Å². The lowest BCUT2D eigenvalue weighted by Gasteiger charge is -2.06. The predicted molar refractivity (Wildman–Crippen MR) is 68.8 cm³/mol. The molecule has 0 saturated carbocycles. The first-order valence-electron chi connectivity index (χ1n) is 5.69. The number of nitrogens with two attached hydrogens (primary N) is 1. The van der Waals surface area contributed by atoms with Gasteiger partial charge < -0.3 is 10.5 Å². The maximum atomic E-state index is 11.2. The third-order valence-electron chi connectivity index (χ3n) is 2.47. The van der Waals surface area contributed by atoms with Crippen LogP contribution >= 0.6 is 0 Å². The first-order valence-corrected chi connectivity index (χ1v) is 7.52. The van der Waals surface area contributed by atoms with Gasteiger partial charge in [0.05, 0.1) is 12.4 Å². The van der Waals surface area contributed by atoms with Crippen molar-refractivity contribution in [2.24, 2.45) is 5.73 Å². The molecule has 2 N–H and O–H groups in total. The summed E-state index contributed by atoms with van der Waals surface area (Å²) in [5, 5.41) is 0. The van der Waals surface area contributed by atoms with E-state index in [2.05, 4.69) is 0 Å². The van der Waals surface area contributed by atoms with Crippen molar-refractivity contribution < 1.29 is 13.2 Å². The highest BCUT2D eigenvalue weighted by molar-refractivity contribution is 7.91. The predicted octanol–water partition coefficient (Wildman–Crippen LogP) is 1.35. The SMILES string of the molecule is CCS(=O)(=O)CCCOc1ccc(CN)cc1. The Hall–Kier alpha value is -1.07. The summed E-state index contributed by atoms with van der Waals surface area (Å²) in [6.45, 7) is 2.58. The number of sulfone groups is 1. The van der Waals surface area contributed by atoms with E-state index in [1.807, 2.05) is 24.3 Å². The van der Waals surface area contributed by atoms with Crippen LogP contribution in [0.1, 0.15) is 18.9 Å². The summed E-state index contributed by atoms with van der Waals surface area (Å²) >= 11 is 0. The Morgan fingerprint density at radius 3 is 2.41 bits per heavy atom. The van der Waals surface area contributed by atoms with E-state index >= 15 is 0 Å². The Morgan fingerprint density at radius 1 is 1.24 bits per heavy atom. The van der Waals surface area contributed by atoms with Gasteiger partial charge >= 0.3 is 0 Å². The first kappa shape index (κ1) is 14.0. The molecule has 96 valence electrons. The Balaban J connectivity index is 2.31. The summed E-state index contributed by atoms with van der Waals surface area (Å²) in [5.41, 5.74) is 6.52. The Morgan fingerprint density at radius 2 is 1.88 bits per heavy atom. The summed E-state index contributed by atoms with van der Waals surface area (Å²) in [7, 11) is -2.88. The van der Waals surface area contributed by atoms with Gasteiger partial charge in [0.15, 0.2) is 0 Å². The number of rotatable bonds is 7. The summed E-state index contributed by atoms with van der Waals surface area (Å²) in [6, 6.07) is 7.49. The minimum absolute atomic E-state index is 0.185. The van der Waals surface area contributed by atoms with Crippen LogP contribution in [0.5, 0.6) is 5.75 Å². The summed E-state index contributed by atoms with van der Waals surface area (Å²) in [5.74, 6) is 1.12. The van der Waals surface area contributed by atoms with Gasteiger partial charge in [-0.15, -0.1) is 0 Å². The Bertz CT molecular complexity index is 426. The fourth-order valence-corrected chi connectivity index (χ4v) is 2.18. The lowest BCUT2D eigenvalue weighted by Crippen LogP contribution is -2.11. The molecule has 1 aromatic rings. The second kappa shape index (κ2) is 6.61. The molecule has 0 aromatic heterocycles. The van der Waals surface area contributed by atoms with Crippen LogP contribution in [0.3, 0.4) is 0 Å². The molecule has 1 aromatic carbocycles. The maximum Gasteiger partial charge on any atom is 0.150 e. The van der Waals surface area contributed by atoms with Crippen molar-refractivity contribution in [2.75, 3.05) is 18.1 Å². The van der Waals surface area contributed by atoms with Crippen LogP contribution in [0.4, 0.5) is 0 Å². The van der Waals surface area contributed by atoms with E-state index in [9.17, 15) is 8.42 Å². The molecule has 0 spiro atoms. The standard InChI is InChI=1S/C12H19NO3S/c1-2-17(14,15)9-3-8-16-12-6-4-11(10-13)5-7-12/h4-7H,2-3,8-10,13H2,1H3. The molecule has 0 bridgehead atoms. The molecule has 0 fully saturated rings. The van der Waals surface area contributed by atoms with Crippen LogP contribution in [-0.4, -0.2) is 26.5 Å². The van der Waals surface area contributed by atoms with Crippen LogP contribution in [-0.2, 0) is 16.4 Å². The average Bonchev–Trinajstić information content (AvgIpc) is 2.35. The molecule has 17 heavy (non-hydrogen) atoms. The topological polar surface area (TPSA) is 69.4 Å². The number of ether oxygens (including phenoxy) is 1. The summed E-state index contributed by atoms with van der Waals surface area (Å²) < 4.78 is 27.9. The lowest BCUT2D eigenvalue weighted by molar-refractivity contribution is 0.317. The fourth-order valence-electron chi connectivity index (χ4n) is 1.33. The molecule has 0 aliphatic heterocycles. The van der Waals surface area contributed by atoms with Crippen molar-refractivity contribution in [1.29, 1.82) is 0 Å². The molecular weight excluding hydrogens is 238 g/mol. The molecular formula is C12H19NO3S. The normalized spacial score (nSPS) is 11.4. The van der Waals surface area contributed by atoms with Gasteiger partial charge in [-0.2, -0.15) is 0 Å². The van der Waals surface area contributed by atoms with Gasteiger partial charge in [0.25, 0.3) is 0 Å². The van der Waals surface area contributed by atoms with E-state index in [4.69, 9.17) is 10.5 Å². The highest BCUT2D eigenvalue weighted by Gasteiger charge is 2.06. The van der Waals surface area contributed by atoms with Crippen molar-refractivity contribution in [3.05, 3.63) is 29.8 Å². The van der Waals surface area contributed by atoms with Crippen molar-refractivity contribution in [1.82, 2.24) is 0 Å². The monoisotopic (exact) mass is 257 g/mol. The van der Waals surface area contributed by atoms with Gasteiger partial charge in [0.1, 0.15) is 15.6 Å². The zero-order valence-electron chi connectivity index (χ0n) is 10.1. The maximum absolute atomic E-state index is 11.2. The molecule has 4 nitrogen and oxygen atoms in total. The highest BCUT2D eigenvalue weighted by Crippen LogP contribution is 2.12. The molecule has 5 heteroatoms. The van der Waals surface area contributed by atoms with Gasteiger partial charge in [0, 0.05) is 12.3 Å². The second-order valence-corrected chi connectivity index (χ2v) is 6.26. The molecule has 0 aliphatic rings. The van der Waals surface area contributed by atoms with Crippen LogP contribution in [0.25, 0.3) is 0 Å². The molecule has 0 atom stereocenters. The second-order valence-electron chi connectivity index (χ2n) is 3.79. The Kier molecular flexibility index (Phi) is 5.44. The number of hydrogen-bond donors (Lipinski definition) is 1. The summed E-state index contributed by atoms with van der Waals surface area (Å²) in [6.07, 6.45) is 0.523. The molecule has 1 rings (SSSR count). The molecule has 0 radical (unpaired) electrons. The number of hydrogen-bond acceptors (Lipinski definition) is 4. The highest BCUT2D eigenvalue weighted by atomic mass is 32.2. The third-order valence-corrected chi connectivity index (χ3v) is 4.26. The van der Waals surface area contributed by atoms with Crippen LogP contribution in [0, 0.1) is 0 Å². The first-order chi connectivity index (χ1) is 8.07. The fraction of sp³-hybridized carbons (Fsp3) is 0.500. The van der Waals surface area contributed by atoms with Gasteiger partial charge in [-0.05, 0) is 24.1 Å². The lowest BCUT2D eigenvalue weighted by atomic mass is 10.2. The number of benzene rings is 1. The van der Waals surface area contributed by atoms with Crippen LogP contribution < -0.4 is 10.5 Å².